The quantitative estimate of drug-likeness (QED) is 0.752. The van der Waals surface area contributed by atoms with Crippen LogP contribution in [0.15, 0.2) is 30.3 Å². The van der Waals surface area contributed by atoms with Crippen molar-refractivity contribution in [3.05, 3.63) is 36.0 Å². The number of H-pyrrole nitrogens is 1. The van der Waals surface area contributed by atoms with E-state index in [0.717, 1.165) is 30.5 Å². The summed E-state index contributed by atoms with van der Waals surface area (Å²) in [6.45, 7) is 0. The van der Waals surface area contributed by atoms with E-state index in [2.05, 4.69) is 23.2 Å². The van der Waals surface area contributed by atoms with Gasteiger partial charge in [-0.2, -0.15) is 0 Å². The van der Waals surface area contributed by atoms with Gasteiger partial charge in [-0.1, -0.05) is 18.2 Å². The van der Waals surface area contributed by atoms with Gasteiger partial charge in [0, 0.05) is 17.6 Å². The number of aromatic amines is 1. The molecule has 2 nitrogen and oxygen atoms in total. The Bertz CT molecular complexity index is 479. The molecule has 1 aromatic heterocycles. The van der Waals surface area contributed by atoms with Crippen LogP contribution in [0.1, 0.15) is 30.9 Å². The van der Waals surface area contributed by atoms with E-state index in [1.54, 1.807) is 0 Å². The zero-order valence-corrected chi connectivity index (χ0v) is 8.49. The van der Waals surface area contributed by atoms with E-state index in [-0.39, 0.29) is 5.92 Å². The highest BCUT2D eigenvalue weighted by Gasteiger charge is 2.26. The SMILES string of the molecule is O=C1CCCC1c1cc2ccccc2[nH]1. The maximum Gasteiger partial charge on any atom is 0.141 e. The van der Waals surface area contributed by atoms with Crippen LogP contribution in [0.4, 0.5) is 0 Å². The van der Waals surface area contributed by atoms with Crippen LogP contribution >= 0.6 is 0 Å². The molecule has 1 unspecified atom stereocenters. The lowest BCUT2D eigenvalue weighted by atomic mass is 10.0. The second kappa shape index (κ2) is 3.23. The summed E-state index contributed by atoms with van der Waals surface area (Å²) in [5, 5.41) is 1.20. The maximum absolute atomic E-state index is 11.6. The van der Waals surface area contributed by atoms with Crippen molar-refractivity contribution >= 4 is 16.7 Å². The van der Waals surface area contributed by atoms with Crippen LogP contribution < -0.4 is 0 Å². The van der Waals surface area contributed by atoms with E-state index >= 15 is 0 Å². The normalized spacial score (nSPS) is 21.3. The molecular weight excluding hydrogens is 186 g/mol. The van der Waals surface area contributed by atoms with Crippen LogP contribution in [0.25, 0.3) is 10.9 Å². The van der Waals surface area contributed by atoms with Gasteiger partial charge in [0.2, 0.25) is 0 Å². The molecule has 0 saturated heterocycles. The number of hydrogen-bond acceptors (Lipinski definition) is 1. The summed E-state index contributed by atoms with van der Waals surface area (Å²) in [5.74, 6) is 0.513. The predicted octanol–water partition coefficient (Wildman–Crippen LogP) is 3.00. The van der Waals surface area contributed by atoms with Crippen molar-refractivity contribution in [2.24, 2.45) is 0 Å². The lowest BCUT2D eigenvalue weighted by molar-refractivity contribution is -0.118. The molecule has 0 spiro atoms. The Morgan fingerprint density at radius 3 is 2.87 bits per heavy atom. The molecule has 1 saturated carbocycles. The minimum absolute atomic E-state index is 0.123. The third-order valence-corrected chi connectivity index (χ3v) is 3.23. The third-order valence-electron chi connectivity index (χ3n) is 3.23. The summed E-state index contributed by atoms with van der Waals surface area (Å²) in [6.07, 6.45) is 2.80. The number of carbonyl (C=O) groups is 1. The molecule has 1 aromatic carbocycles. The zero-order chi connectivity index (χ0) is 10.3. The molecular formula is C13H13NO. The smallest absolute Gasteiger partial charge is 0.141 e. The first-order valence-electron chi connectivity index (χ1n) is 5.45. The predicted molar refractivity (Wildman–Crippen MR) is 59.9 cm³/mol. The monoisotopic (exact) mass is 199 g/mol. The number of ketones is 1. The van der Waals surface area contributed by atoms with Crippen molar-refractivity contribution < 1.29 is 4.79 Å². The number of carbonyl (C=O) groups excluding carboxylic acids is 1. The van der Waals surface area contributed by atoms with Crippen molar-refractivity contribution in [2.75, 3.05) is 0 Å². The first-order valence-corrected chi connectivity index (χ1v) is 5.45. The van der Waals surface area contributed by atoms with Crippen molar-refractivity contribution in [2.45, 2.75) is 25.2 Å². The number of aromatic nitrogens is 1. The fraction of sp³-hybridized carbons (Fsp3) is 0.308. The summed E-state index contributed by atoms with van der Waals surface area (Å²) in [5.41, 5.74) is 2.23. The van der Waals surface area contributed by atoms with Crippen molar-refractivity contribution in [3.63, 3.8) is 0 Å². The highest BCUT2D eigenvalue weighted by molar-refractivity contribution is 5.89. The van der Waals surface area contributed by atoms with E-state index < -0.39 is 0 Å². The van der Waals surface area contributed by atoms with Crippen LogP contribution in [0.3, 0.4) is 0 Å². The Balaban J connectivity index is 2.08. The van der Waals surface area contributed by atoms with E-state index in [1.807, 2.05) is 12.1 Å². The molecule has 0 bridgehead atoms. The fourth-order valence-corrected chi connectivity index (χ4v) is 2.43. The molecule has 76 valence electrons. The summed E-state index contributed by atoms with van der Waals surface area (Å²) < 4.78 is 0. The standard InChI is InChI=1S/C13H13NO/c15-13-7-3-5-10(13)12-8-9-4-1-2-6-11(9)14-12/h1-2,4,6,8,10,14H,3,5,7H2. The minimum atomic E-state index is 0.123. The largest absolute Gasteiger partial charge is 0.358 e. The summed E-state index contributed by atoms with van der Waals surface area (Å²) >= 11 is 0. The van der Waals surface area contributed by atoms with E-state index in [0.29, 0.717) is 5.78 Å². The second-order valence-electron chi connectivity index (χ2n) is 4.22. The number of Topliss-reactive ketones (excluding diaryl/α,β-unsaturated/α-hetero) is 1. The van der Waals surface area contributed by atoms with Gasteiger partial charge >= 0.3 is 0 Å². The maximum atomic E-state index is 11.6. The summed E-state index contributed by atoms with van der Waals surface area (Å²) in [6, 6.07) is 10.3. The lowest BCUT2D eigenvalue weighted by Gasteiger charge is -2.03. The zero-order valence-electron chi connectivity index (χ0n) is 8.49. The highest BCUT2D eigenvalue weighted by atomic mass is 16.1. The highest BCUT2D eigenvalue weighted by Crippen LogP contribution is 2.32. The Labute approximate surface area is 88.3 Å². The first kappa shape index (κ1) is 8.72. The van der Waals surface area contributed by atoms with Gasteiger partial charge in [0.15, 0.2) is 0 Å². The Kier molecular flexibility index (Phi) is 1.88. The molecule has 0 amide bonds. The molecule has 1 N–H and O–H groups in total. The number of rotatable bonds is 1. The van der Waals surface area contributed by atoms with Crippen LogP contribution in [0.5, 0.6) is 0 Å². The molecule has 1 aliphatic carbocycles. The number of hydrogen-bond donors (Lipinski definition) is 1. The minimum Gasteiger partial charge on any atom is -0.358 e. The molecule has 1 heterocycles. The molecule has 1 fully saturated rings. The van der Waals surface area contributed by atoms with Gasteiger partial charge in [-0.3, -0.25) is 4.79 Å². The Morgan fingerprint density at radius 1 is 1.27 bits per heavy atom. The molecule has 15 heavy (non-hydrogen) atoms. The molecule has 1 atom stereocenters. The number of para-hydroxylation sites is 1. The topological polar surface area (TPSA) is 32.9 Å². The summed E-state index contributed by atoms with van der Waals surface area (Å²) in [7, 11) is 0. The van der Waals surface area contributed by atoms with Crippen molar-refractivity contribution in [1.82, 2.24) is 4.98 Å². The van der Waals surface area contributed by atoms with Gasteiger partial charge in [-0.05, 0) is 30.4 Å². The van der Waals surface area contributed by atoms with Crippen LogP contribution in [-0.4, -0.2) is 10.8 Å². The van der Waals surface area contributed by atoms with E-state index in [1.165, 1.54) is 5.39 Å². The molecule has 1 aliphatic rings. The summed E-state index contributed by atoms with van der Waals surface area (Å²) in [4.78, 5) is 15.0. The van der Waals surface area contributed by atoms with Crippen LogP contribution in [-0.2, 0) is 4.79 Å². The van der Waals surface area contributed by atoms with Gasteiger partial charge in [-0.15, -0.1) is 0 Å². The van der Waals surface area contributed by atoms with Crippen LogP contribution in [0.2, 0.25) is 0 Å². The number of fused-ring (bicyclic) bond motifs is 1. The first-order chi connectivity index (χ1) is 7.34. The van der Waals surface area contributed by atoms with E-state index in [9.17, 15) is 4.79 Å². The third kappa shape index (κ3) is 1.37. The van der Waals surface area contributed by atoms with Gasteiger partial charge in [-0.25, -0.2) is 0 Å². The molecule has 3 rings (SSSR count). The molecule has 2 aromatic rings. The van der Waals surface area contributed by atoms with Gasteiger partial charge in [0.1, 0.15) is 5.78 Å². The number of nitrogens with one attached hydrogen (secondary N) is 1. The fourth-order valence-electron chi connectivity index (χ4n) is 2.43. The van der Waals surface area contributed by atoms with Gasteiger partial charge in [0.25, 0.3) is 0 Å². The Morgan fingerprint density at radius 2 is 2.13 bits per heavy atom. The molecule has 0 radical (unpaired) electrons. The Hall–Kier alpha value is -1.57. The number of benzene rings is 1. The second-order valence-corrected chi connectivity index (χ2v) is 4.22. The average Bonchev–Trinajstić information content (AvgIpc) is 2.82. The van der Waals surface area contributed by atoms with Gasteiger partial charge in [0.05, 0.1) is 5.92 Å². The van der Waals surface area contributed by atoms with Crippen LogP contribution in [0, 0.1) is 0 Å². The van der Waals surface area contributed by atoms with Crippen molar-refractivity contribution in [1.29, 1.82) is 0 Å². The van der Waals surface area contributed by atoms with Crippen molar-refractivity contribution in [3.8, 4) is 0 Å². The molecule has 2 heteroatoms. The van der Waals surface area contributed by atoms with E-state index in [4.69, 9.17) is 0 Å². The average molecular weight is 199 g/mol. The van der Waals surface area contributed by atoms with Gasteiger partial charge < -0.3 is 4.98 Å². The molecule has 0 aliphatic heterocycles. The lowest BCUT2D eigenvalue weighted by Crippen LogP contribution is -2.03.